The minimum absolute atomic E-state index is 0.00322. The average molecular weight is 432 g/mol. The third-order valence-electron chi connectivity index (χ3n) is 6.75. The first-order valence-electron chi connectivity index (χ1n) is 11.3. The van der Waals surface area contributed by atoms with Crippen molar-refractivity contribution in [3.63, 3.8) is 0 Å². The lowest BCUT2D eigenvalue weighted by Crippen LogP contribution is -2.63. The summed E-state index contributed by atoms with van der Waals surface area (Å²) in [5, 5.41) is 1.13. The van der Waals surface area contributed by atoms with Crippen molar-refractivity contribution in [3.8, 4) is 5.75 Å². The van der Waals surface area contributed by atoms with Gasteiger partial charge >= 0.3 is 0 Å². The van der Waals surface area contributed by atoms with E-state index in [1.807, 2.05) is 41.3 Å². The molecule has 1 aromatic heterocycles. The largest absolute Gasteiger partial charge is 0.497 e. The van der Waals surface area contributed by atoms with Gasteiger partial charge in [0.25, 0.3) is 0 Å². The van der Waals surface area contributed by atoms with Gasteiger partial charge in [-0.2, -0.15) is 0 Å². The molecule has 2 aliphatic heterocycles. The van der Waals surface area contributed by atoms with E-state index >= 15 is 0 Å². The average Bonchev–Trinajstić information content (AvgIpc) is 3.17. The molecular formula is C26H29N3O3. The first kappa shape index (κ1) is 20.6. The zero-order valence-electron chi connectivity index (χ0n) is 18.8. The molecular weight excluding hydrogens is 402 g/mol. The summed E-state index contributed by atoms with van der Waals surface area (Å²) in [4.78, 5) is 34.2. The van der Waals surface area contributed by atoms with Crippen molar-refractivity contribution in [1.29, 1.82) is 0 Å². The minimum Gasteiger partial charge on any atom is -0.497 e. The number of nitrogens with zero attached hydrogens (tertiary/aromatic N) is 2. The topological polar surface area (TPSA) is 65.6 Å². The molecule has 5 rings (SSSR count). The summed E-state index contributed by atoms with van der Waals surface area (Å²) in [7, 11) is 1.64. The molecule has 32 heavy (non-hydrogen) atoms. The van der Waals surface area contributed by atoms with Crippen molar-refractivity contribution in [1.82, 2.24) is 14.8 Å². The number of hydrogen-bond donors (Lipinski definition) is 1. The summed E-state index contributed by atoms with van der Waals surface area (Å²) < 4.78 is 5.33. The SMILES string of the molecule is COc1ccc([C@@H]2c3[nH]c4ccccc4c3C[C@H]3C(=O)N(CCC(C)C)CC(=O)N23)cc1. The first-order chi connectivity index (χ1) is 15.5. The van der Waals surface area contributed by atoms with Gasteiger partial charge in [0.2, 0.25) is 11.8 Å². The third kappa shape index (κ3) is 3.34. The van der Waals surface area contributed by atoms with E-state index in [9.17, 15) is 9.59 Å². The molecule has 0 radical (unpaired) electrons. The third-order valence-corrected chi connectivity index (χ3v) is 6.75. The van der Waals surface area contributed by atoms with Crippen LogP contribution in [0.4, 0.5) is 0 Å². The summed E-state index contributed by atoms with van der Waals surface area (Å²) in [5.74, 6) is 1.30. The number of nitrogens with one attached hydrogen (secondary N) is 1. The Balaban J connectivity index is 1.62. The molecule has 6 heteroatoms. The number of ether oxygens (including phenoxy) is 1. The Labute approximate surface area is 188 Å². The van der Waals surface area contributed by atoms with Crippen LogP contribution >= 0.6 is 0 Å². The van der Waals surface area contributed by atoms with E-state index in [0.717, 1.165) is 39.9 Å². The number of carbonyl (C=O) groups is 2. The zero-order chi connectivity index (χ0) is 22.4. The zero-order valence-corrected chi connectivity index (χ0v) is 18.8. The molecule has 1 saturated heterocycles. The van der Waals surface area contributed by atoms with E-state index < -0.39 is 6.04 Å². The van der Waals surface area contributed by atoms with Crippen LogP contribution in [0.3, 0.4) is 0 Å². The fraction of sp³-hybridized carbons (Fsp3) is 0.385. The van der Waals surface area contributed by atoms with Crippen LogP contribution in [0.5, 0.6) is 5.75 Å². The van der Waals surface area contributed by atoms with Crippen LogP contribution in [0.2, 0.25) is 0 Å². The second-order valence-corrected chi connectivity index (χ2v) is 9.20. The number of hydrogen-bond acceptors (Lipinski definition) is 3. The van der Waals surface area contributed by atoms with Gasteiger partial charge in [0.15, 0.2) is 0 Å². The van der Waals surface area contributed by atoms with E-state index in [2.05, 4.69) is 31.0 Å². The minimum atomic E-state index is -0.484. The fourth-order valence-corrected chi connectivity index (χ4v) is 5.06. The monoisotopic (exact) mass is 431 g/mol. The number of aromatic amines is 1. The van der Waals surface area contributed by atoms with Crippen molar-refractivity contribution < 1.29 is 14.3 Å². The Morgan fingerprint density at radius 2 is 1.84 bits per heavy atom. The van der Waals surface area contributed by atoms with Gasteiger partial charge in [-0.05, 0) is 41.7 Å². The Hall–Kier alpha value is -3.28. The highest BCUT2D eigenvalue weighted by atomic mass is 16.5. The Morgan fingerprint density at radius 1 is 1.09 bits per heavy atom. The van der Waals surface area contributed by atoms with Crippen LogP contribution in [0.1, 0.15) is 43.1 Å². The molecule has 2 atom stereocenters. The molecule has 2 aromatic carbocycles. The molecule has 3 heterocycles. The summed E-state index contributed by atoms with van der Waals surface area (Å²) in [6.07, 6.45) is 1.43. The second-order valence-electron chi connectivity index (χ2n) is 9.20. The van der Waals surface area contributed by atoms with E-state index in [-0.39, 0.29) is 24.4 Å². The van der Waals surface area contributed by atoms with Gasteiger partial charge in [0.05, 0.1) is 19.7 Å². The van der Waals surface area contributed by atoms with Gasteiger partial charge in [-0.15, -0.1) is 0 Å². The fourth-order valence-electron chi connectivity index (χ4n) is 5.06. The Kier molecular flexibility index (Phi) is 5.16. The van der Waals surface area contributed by atoms with Crippen LogP contribution in [0.25, 0.3) is 10.9 Å². The van der Waals surface area contributed by atoms with Crippen molar-refractivity contribution in [2.75, 3.05) is 20.2 Å². The van der Waals surface area contributed by atoms with Crippen molar-refractivity contribution in [2.45, 2.75) is 38.8 Å². The van der Waals surface area contributed by atoms with Crippen LogP contribution in [-0.4, -0.2) is 52.8 Å². The van der Waals surface area contributed by atoms with Crippen molar-refractivity contribution in [2.24, 2.45) is 5.92 Å². The molecule has 0 spiro atoms. The highest BCUT2D eigenvalue weighted by molar-refractivity contribution is 5.97. The number of aromatic nitrogens is 1. The second kappa shape index (κ2) is 8.01. The number of benzene rings is 2. The smallest absolute Gasteiger partial charge is 0.246 e. The van der Waals surface area contributed by atoms with Gasteiger partial charge in [-0.3, -0.25) is 9.59 Å². The molecule has 0 saturated carbocycles. The molecule has 0 unspecified atom stereocenters. The molecule has 1 fully saturated rings. The first-order valence-corrected chi connectivity index (χ1v) is 11.3. The number of methoxy groups -OCH3 is 1. The molecule has 0 bridgehead atoms. The quantitative estimate of drug-likeness (QED) is 0.666. The molecule has 2 aliphatic rings. The summed E-state index contributed by atoms with van der Waals surface area (Å²) >= 11 is 0. The predicted octanol–water partition coefficient (Wildman–Crippen LogP) is 3.91. The maximum absolute atomic E-state index is 13.6. The standard InChI is InChI=1S/C26H29N3O3/c1-16(2)12-13-28-15-23(30)29-22(26(28)31)14-20-19-6-4-5-7-21(19)27-24(20)25(29)17-8-10-18(32-3)11-9-17/h4-11,16,22,25,27H,12-15H2,1-3H3/t22-,25+/m0/s1. The number of fused-ring (bicyclic) bond motifs is 4. The number of piperazine rings is 1. The van der Waals surface area contributed by atoms with Crippen LogP contribution in [-0.2, 0) is 16.0 Å². The number of rotatable bonds is 5. The van der Waals surface area contributed by atoms with Gasteiger partial charge in [0, 0.05) is 29.6 Å². The van der Waals surface area contributed by atoms with E-state index in [0.29, 0.717) is 18.9 Å². The van der Waals surface area contributed by atoms with Gasteiger partial charge in [-0.1, -0.05) is 44.2 Å². The number of para-hydroxylation sites is 1. The Bertz CT molecular complexity index is 1160. The number of carbonyl (C=O) groups excluding carboxylic acids is 2. The highest BCUT2D eigenvalue weighted by Crippen LogP contribution is 2.42. The molecule has 1 N–H and O–H groups in total. The lowest BCUT2D eigenvalue weighted by atomic mass is 9.86. The Morgan fingerprint density at radius 3 is 2.56 bits per heavy atom. The van der Waals surface area contributed by atoms with E-state index in [1.54, 1.807) is 12.0 Å². The van der Waals surface area contributed by atoms with Crippen LogP contribution in [0.15, 0.2) is 48.5 Å². The van der Waals surface area contributed by atoms with Crippen molar-refractivity contribution >= 4 is 22.7 Å². The van der Waals surface area contributed by atoms with Crippen LogP contribution < -0.4 is 4.74 Å². The van der Waals surface area contributed by atoms with Gasteiger partial charge < -0.3 is 19.5 Å². The molecule has 2 amide bonds. The molecule has 6 nitrogen and oxygen atoms in total. The highest BCUT2D eigenvalue weighted by Gasteiger charge is 2.48. The van der Waals surface area contributed by atoms with E-state index in [1.165, 1.54) is 0 Å². The molecule has 0 aliphatic carbocycles. The van der Waals surface area contributed by atoms with E-state index in [4.69, 9.17) is 4.74 Å². The van der Waals surface area contributed by atoms with Gasteiger partial charge in [-0.25, -0.2) is 0 Å². The normalized spacial score (nSPS) is 20.6. The molecule has 3 aromatic rings. The maximum atomic E-state index is 13.6. The number of H-pyrrole nitrogens is 1. The number of amides is 2. The molecule has 166 valence electrons. The van der Waals surface area contributed by atoms with Crippen molar-refractivity contribution in [3.05, 3.63) is 65.4 Å². The summed E-state index contributed by atoms with van der Waals surface area (Å²) in [6, 6.07) is 15.2. The lowest BCUT2D eigenvalue weighted by molar-refractivity contribution is -0.158. The maximum Gasteiger partial charge on any atom is 0.246 e. The van der Waals surface area contributed by atoms with Crippen LogP contribution in [0, 0.1) is 5.92 Å². The summed E-state index contributed by atoms with van der Waals surface area (Å²) in [5.41, 5.74) is 4.14. The van der Waals surface area contributed by atoms with Gasteiger partial charge in [0.1, 0.15) is 11.8 Å². The predicted molar refractivity (Wildman–Crippen MR) is 124 cm³/mol. The lowest BCUT2D eigenvalue weighted by Gasteiger charge is -2.47. The summed E-state index contributed by atoms with van der Waals surface area (Å²) in [6.45, 7) is 5.05.